The van der Waals surface area contributed by atoms with Gasteiger partial charge >= 0.3 is 31.3 Å². The average Bonchev–Trinajstić information content (AvgIpc) is 2.28. The second kappa shape index (κ2) is 5.95. The van der Waals surface area contributed by atoms with Crippen LogP contribution in [0.2, 0.25) is 0 Å². The maximum absolute atomic E-state index is 12.1. The van der Waals surface area contributed by atoms with Crippen LogP contribution in [0.4, 0.5) is 26.3 Å². The highest BCUT2D eigenvalue weighted by molar-refractivity contribution is 7.88. The molecule has 0 aliphatic carbocycles. The van der Waals surface area contributed by atoms with Crippen LogP contribution in [-0.2, 0) is 33.3 Å². The standard InChI is InChI=1S/C7H6F6O7S2/c8-6(9,10)21(14,15)19-4-2-1-3-18-5(4)20-22(16,17)7(11,12)13/h1-2,4-5H,3H2. The van der Waals surface area contributed by atoms with E-state index < -0.39 is 50.3 Å². The summed E-state index contributed by atoms with van der Waals surface area (Å²) in [5.74, 6) is 0. The van der Waals surface area contributed by atoms with Crippen molar-refractivity contribution in [3.05, 3.63) is 12.2 Å². The highest BCUT2D eigenvalue weighted by Crippen LogP contribution is 2.31. The molecule has 0 aromatic heterocycles. The van der Waals surface area contributed by atoms with Crippen LogP contribution in [0.3, 0.4) is 0 Å². The summed E-state index contributed by atoms with van der Waals surface area (Å²) >= 11 is 0. The lowest BCUT2D eigenvalue weighted by Gasteiger charge is -2.27. The summed E-state index contributed by atoms with van der Waals surface area (Å²) in [6.07, 6.45) is -3.48. The first kappa shape index (κ1) is 19.1. The van der Waals surface area contributed by atoms with Crippen LogP contribution in [0.25, 0.3) is 0 Å². The van der Waals surface area contributed by atoms with Crippen molar-refractivity contribution in [2.45, 2.75) is 23.4 Å². The van der Waals surface area contributed by atoms with Crippen molar-refractivity contribution in [1.29, 1.82) is 0 Å². The molecule has 0 radical (unpaired) electrons. The van der Waals surface area contributed by atoms with E-state index in [1.54, 1.807) is 0 Å². The van der Waals surface area contributed by atoms with E-state index in [0.29, 0.717) is 6.08 Å². The fourth-order valence-electron chi connectivity index (χ4n) is 1.07. The second-order valence-electron chi connectivity index (χ2n) is 3.59. The minimum atomic E-state index is -6.24. The minimum absolute atomic E-state index is 0.538. The van der Waals surface area contributed by atoms with E-state index in [2.05, 4.69) is 13.1 Å². The van der Waals surface area contributed by atoms with Gasteiger partial charge in [-0.25, -0.2) is 4.18 Å². The summed E-state index contributed by atoms with van der Waals surface area (Å²) in [7, 11) is -12.4. The maximum Gasteiger partial charge on any atom is 0.523 e. The molecule has 0 bridgehead atoms. The summed E-state index contributed by atoms with van der Waals surface area (Å²) in [5.41, 5.74) is -11.8. The zero-order valence-electron chi connectivity index (χ0n) is 9.96. The van der Waals surface area contributed by atoms with Crippen molar-refractivity contribution in [2.75, 3.05) is 6.61 Å². The van der Waals surface area contributed by atoms with Crippen LogP contribution in [0, 0.1) is 0 Å². The van der Waals surface area contributed by atoms with Gasteiger partial charge < -0.3 is 4.74 Å². The Bertz CT molecular complexity index is 631. The fourth-order valence-corrected chi connectivity index (χ4v) is 2.15. The van der Waals surface area contributed by atoms with Gasteiger partial charge in [-0.3, -0.25) is 4.18 Å². The van der Waals surface area contributed by atoms with Crippen LogP contribution in [-0.4, -0.2) is 46.9 Å². The van der Waals surface area contributed by atoms with Gasteiger partial charge in [0.15, 0.2) is 0 Å². The van der Waals surface area contributed by atoms with Crippen LogP contribution < -0.4 is 0 Å². The van der Waals surface area contributed by atoms with Crippen molar-refractivity contribution in [2.24, 2.45) is 0 Å². The van der Waals surface area contributed by atoms with Gasteiger partial charge in [-0.05, 0) is 0 Å². The van der Waals surface area contributed by atoms with E-state index in [1.807, 2.05) is 0 Å². The van der Waals surface area contributed by atoms with Gasteiger partial charge in [-0.1, -0.05) is 12.2 Å². The third-order valence-electron chi connectivity index (χ3n) is 1.98. The molecular weight excluding hydrogens is 374 g/mol. The van der Waals surface area contributed by atoms with Gasteiger partial charge in [-0.2, -0.15) is 43.2 Å². The molecule has 0 aromatic carbocycles. The predicted molar refractivity (Wildman–Crippen MR) is 54.8 cm³/mol. The molecule has 1 aliphatic heterocycles. The minimum Gasteiger partial charge on any atom is -0.344 e. The van der Waals surface area contributed by atoms with Crippen molar-refractivity contribution in [3.8, 4) is 0 Å². The molecule has 0 saturated carbocycles. The highest BCUT2D eigenvalue weighted by atomic mass is 32.2. The maximum atomic E-state index is 12.1. The highest BCUT2D eigenvalue weighted by Gasteiger charge is 2.53. The van der Waals surface area contributed by atoms with Crippen LogP contribution in [0.5, 0.6) is 0 Å². The van der Waals surface area contributed by atoms with Gasteiger partial charge in [0.1, 0.15) is 6.10 Å². The Kier molecular flexibility index (Phi) is 5.18. The number of alkyl halides is 6. The van der Waals surface area contributed by atoms with Gasteiger partial charge in [0, 0.05) is 0 Å². The molecule has 15 heteroatoms. The van der Waals surface area contributed by atoms with Crippen LogP contribution in [0.15, 0.2) is 12.2 Å². The Hall–Kier alpha value is -0.900. The lowest BCUT2D eigenvalue weighted by Crippen LogP contribution is -2.43. The first-order valence-electron chi connectivity index (χ1n) is 4.95. The van der Waals surface area contributed by atoms with Crippen LogP contribution >= 0.6 is 0 Å². The van der Waals surface area contributed by atoms with E-state index in [1.165, 1.54) is 0 Å². The summed E-state index contributed by atoms with van der Waals surface area (Å²) in [5, 5.41) is 0. The normalized spacial score (nSPS) is 24.5. The second-order valence-corrected chi connectivity index (χ2v) is 6.71. The van der Waals surface area contributed by atoms with Crippen molar-refractivity contribution < 1.29 is 56.3 Å². The molecule has 1 heterocycles. The van der Waals surface area contributed by atoms with Crippen molar-refractivity contribution in [1.82, 2.24) is 0 Å². The number of rotatable bonds is 4. The van der Waals surface area contributed by atoms with Gasteiger partial charge in [-0.15, -0.1) is 0 Å². The van der Waals surface area contributed by atoms with E-state index in [-0.39, 0.29) is 0 Å². The summed E-state index contributed by atoms with van der Waals surface area (Å²) in [6, 6.07) is 0. The number of hydrogen-bond donors (Lipinski definition) is 0. The summed E-state index contributed by atoms with van der Waals surface area (Å²) in [4.78, 5) is 0. The van der Waals surface area contributed by atoms with Gasteiger partial charge in [0.2, 0.25) is 6.29 Å². The van der Waals surface area contributed by atoms with E-state index in [4.69, 9.17) is 0 Å². The van der Waals surface area contributed by atoms with Crippen molar-refractivity contribution >= 4 is 20.2 Å². The Morgan fingerprint density at radius 1 is 0.909 bits per heavy atom. The zero-order valence-corrected chi connectivity index (χ0v) is 11.6. The summed E-state index contributed by atoms with van der Waals surface area (Å²) in [6.45, 7) is -0.538. The van der Waals surface area contributed by atoms with Gasteiger partial charge in [0.05, 0.1) is 6.61 Å². The molecule has 2 atom stereocenters. The fraction of sp³-hybridized carbons (Fsp3) is 0.714. The molecule has 0 aromatic rings. The first-order chi connectivity index (χ1) is 9.67. The monoisotopic (exact) mass is 380 g/mol. The van der Waals surface area contributed by atoms with E-state index >= 15 is 0 Å². The number of ether oxygens (including phenoxy) is 1. The first-order valence-corrected chi connectivity index (χ1v) is 7.76. The number of halogens is 6. The Labute approximate surface area is 119 Å². The molecule has 0 spiro atoms. The molecular formula is C7H6F6O7S2. The lowest BCUT2D eigenvalue weighted by molar-refractivity contribution is -0.138. The average molecular weight is 380 g/mol. The summed E-state index contributed by atoms with van der Waals surface area (Å²) < 4.78 is 127. The Morgan fingerprint density at radius 3 is 1.82 bits per heavy atom. The molecule has 1 aliphatic rings. The topological polar surface area (TPSA) is 96.0 Å². The molecule has 0 amide bonds. The van der Waals surface area contributed by atoms with E-state index in [9.17, 15) is 43.2 Å². The third kappa shape index (κ3) is 4.31. The van der Waals surface area contributed by atoms with E-state index in [0.717, 1.165) is 6.08 Å². The lowest BCUT2D eigenvalue weighted by atomic mass is 10.3. The molecule has 130 valence electrons. The predicted octanol–water partition coefficient (Wildman–Crippen LogP) is 1.000. The molecule has 1 rings (SSSR count). The quantitative estimate of drug-likeness (QED) is 0.311. The molecule has 7 nitrogen and oxygen atoms in total. The van der Waals surface area contributed by atoms with Crippen molar-refractivity contribution in [3.63, 3.8) is 0 Å². The van der Waals surface area contributed by atoms with Crippen LogP contribution in [0.1, 0.15) is 0 Å². The molecule has 22 heavy (non-hydrogen) atoms. The zero-order chi connectivity index (χ0) is 17.4. The molecule has 0 saturated heterocycles. The van der Waals surface area contributed by atoms with Gasteiger partial charge in [0.25, 0.3) is 0 Å². The number of hydrogen-bond acceptors (Lipinski definition) is 7. The third-order valence-corrected chi connectivity index (χ3v) is 4.03. The largest absolute Gasteiger partial charge is 0.523 e. The molecule has 0 fully saturated rings. The smallest absolute Gasteiger partial charge is 0.344 e. The Balaban J connectivity index is 3.00. The molecule has 2 unspecified atom stereocenters. The Morgan fingerprint density at radius 2 is 1.36 bits per heavy atom. The SMILES string of the molecule is O=S(=O)(OC1C=CCOC1OS(=O)(=O)C(F)(F)F)C(F)(F)F. The molecule has 0 N–H and O–H groups in total.